The fraction of sp³-hybridized carbons (Fsp3) is 0.125. The maximum absolute atomic E-state index is 10.5. The van der Waals surface area contributed by atoms with Crippen molar-refractivity contribution in [2.24, 2.45) is 9.98 Å². The Labute approximate surface area is 160 Å². The first-order chi connectivity index (χ1) is 12.2. The first kappa shape index (κ1) is 20.4. The normalized spacial score (nSPS) is 15.5. The van der Waals surface area contributed by atoms with Gasteiger partial charge in [0.1, 0.15) is 12.4 Å². The molecule has 3 N–H and O–H groups in total. The number of fused-ring (bicyclic) bond motifs is 1. The van der Waals surface area contributed by atoms with Gasteiger partial charge in [-0.15, -0.1) is 0 Å². The van der Waals surface area contributed by atoms with Crippen molar-refractivity contribution in [2.45, 2.75) is 0 Å². The van der Waals surface area contributed by atoms with E-state index in [1.165, 1.54) is 5.06 Å². The number of rotatable bonds is 1. The van der Waals surface area contributed by atoms with Crippen molar-refractivity contribution in [1.82, 2.24) is 5.06 Å². The number of amidine groups is 1. The van der Waals surface area contributed by atoms with Crippen LogP contribution in [0.4, 0.5) is 0 Å². The van der Waals surface area contributed by atoms with E-state index in [9.17, 15) is 5.21 Å². The monoisotopic (exact) mass is 413 g/mol. The Morgan fingerprint density at radius 3 is 2.42 bits per heavy atom. The van der Waals surface area contributed by atoms with Crippen molar-refractivity contribution >= 4 is 43.4 Å². The second-order valence-corrected chi connectivity index (χ2v) is 7.77. The highest BCUT2D eigenvalue weighted by atomic mass is 35.5. The second-order valence-electron chi connectivity index (χ2n) is 5.13. The SMILES string of the molecule is CN=C1CN(O)C(c2ccccc2)=c2cc(Cl)ccc2=N1.O=S(O)(O)=S. The molecule has 0 atom stereocenters. The highest BCUT2D eigenvalue weighted by Crippen LogP contribution is 2.15. The molecule has 0 aromatic heterocycles. The van der Waals surface area contributed by atoms with Crippen molar-refractivity contribution in [3.05, 3.63) is 69.7 Å². The van der Waals surface area contributed by atoms with Crippen molar-refractivity contribution in [1.29, 1.82) is 0 Å². The van der Waals surface area contributed by atoms with Crippen molar-refractivity contribution in [3.63, 3.8) is 0 Å². The average molecular weight is 414 g/mol. The summed E-state index contributed by atoms with van der Waals surface area (Å²) in [5.41, 5.74) is 1.58. The van der Waals surface area contributed by atoms with Crippen LogP contribution in [0.2, 0.25) is 5.02 Å². The molecule has 1 aliphatic heterocycles. The van der Waals surface area contributed by atoms with E-state index in [-0.39, 0.29) is 6.54 Å². The van der Waals surface area contributed by atoms with Crippen LogP contribution in [0.15, 0.2) is 58.5 Å². The first-order valence-corrected chi connectivity index (χ1v) is 10.0. The largest absolute Gasteiger partial charge is 0.288 e. The molecule has 2 aromatic rings. The van der Waals surface area contributed by atoms with Gasteiger partial charge in [-0.2, -0.15) is 4.21 Å². The van der Waals surface area contributed by atoms with Gasteiger partial charge in [-0.05, 0) is 18.2 Å². The van der Waals surface area contributed by atoms with Gasteiger partial charge in [0.05, 0.1) is 11.1 Å². The lowest BCUT2D eigenvalue weighted by Crippen LogP contribution is -2.31. The summed E-state index contributed by atoms with van der Waals surface area (Å²) in [6.45, 7) is 0.229. The molecule has 0 bridgehead atoms. The number of hydrogen-bond donors (Lipinski definition) is 3. The predicted octanol–water partition coefficient (Wildman–Crippen LogP) is 1.53. The zero-order valence-corrected chi connectivity index (χ0v) is 16.0. The number of nitrogens with zero attached hydrogens (tertiary/aromatic N) is 3. The van der Waals surface area contributed by atoms with Gasteiger partial charge in [-0.1, -0.05) is 41.9 Å². The molecule has 0 aliphatic carbocycles. The number of hydrogen-bond acceptors (Lipinski definition) is 5. The second kappa shape index (κ2) is 8.67. The van der Waals surface area contributed by atoms with Gasteiger partial charge < -0.3 is 0 Å². The summed E-state index contributed by atoms with van der Waals surface area (Å²) in [6.07, 6.45) is 0. The minimum Gasteiger partial charge on any atom is -0.288 e. The molecule has 26 heavy (non-hydrogen) atoms. The van der Waals surface area contributed by atoms with Crippen LogP contribution in [0.3, 0.4) is 0 Å². The van der Waals surface area contributed by atoms with Gasteiger partial charge in [0.25, 0.3) is 9.05 Å². The molecule has 138 valence electrons. The van der Waals surface area contributed by atoms with Crippen molar-refractivity contribution in [3.8, 4) is 0 Å². The maximum atomic E-state index is 10.5. The van der Waals surface area contributed by atoms with Crippen LogP contribution in [0.25, 0.3) is 5.70 Å². The standard InChI is InChI=1S/C16H14ClN3O.H2O3S2/c1-18-15-10-20(21)16(11-5-3-2-4-6-11)13-9-12(17)7-8-14(13)19-15;1-5(2,3)4/h2-9,21H,10H2,1H3;(H2,1,2,3,4). The molecule has 0 spiro atoms. The number of aliphatic imine (C=N–C) groups is 1. The van der Waals surface area contributed by atoms with Gasteiger partial charge in [0, 0.05) is 34.0 Å². The van der Waals surface area contributed by atoms with Crippen LogP contribution < -0.4 is 10.6 Å². The minimum atomic E-state index is -3.83. The van der Waals surface area contributed by atoms with Crippen LogP contribution in [0.1, 0.15) is 5.56 Å². The van der Waals surface area contributed by atoms with Crippen LogP contribution in [0, 0.1) is 0 Å². The lowest BCUT2D eigenvalue weighted by molar-refractivity contribution is -0.0119. The molecule has 2 aromatic carbocycles. The Morgan fingerprint density at radius 2 is 1.85 bits per heavy atom. The highest BCUT2D eigenvalue weighted by molar-refractivity contribution is 8.26. The number of hydroxylamine groups is 2. The summed E-state index contributed by atoms with van der Waals surface area (Å²) >= 11 is 9.58. The Hall–Kier alpha value is -1.88. The van der Waals surface area contributed by atoms with E-state index >= 15 is 0 Å². The van der Waals surface area contributed by atoms with Gasteiger partial charge >= 0.3 is 0 Å². The smallest absolute Gasteiger partial charge is 0.263 e. The molecule has 7 nitrogen and oxygen atoms in total. The van der Waals surface area contributed by atoms with Crippen LogP contribution in [0.5, 0.6) is 0 Å². The molecule has 1 aliphatic rings. The molecule has 0 fully saturated rings. The van der Waals surface area contributed by atoms with Crippen LogP contribution in [-0.4, -0.2) is 43.0 Å². The predicted molar refractivity (Wildman–Crippen MR) is 104 cm³/mol. The summed E-state index contributed by atoms with van der Waals surface area (Å²) in [4.78, 5) is 8.60. The molecular formula is C16H16ClN3O4S2. The summed E-state index contributed by atoms with van der Waals surface area (Å²) < 4.78 is 24.0. The van der Waals surface area contributed by atoms with Crippen molar-refractivity contribution in [2.75, 3.05) is 13.6 Å². The van der Waals surface area contributed by atoms with E-state index in [1.54, 1.807) is 13.1 Å². The van der Waals surface area contributed by atoms with Crippen molar-refractivity contribution < 1.29 is 18.5 Å². The van der Waals surface area contributed by atoms with E-state index in [0.29, 0.717) is 16.6 Å². The summed E-state index contributed by atoms with van der Waals surface area (Å²) in [6, 6.07) is 15.1. The molecule has 10 heteroatoms. The summed E-state index contributed by atoms with van der Waals surface area (Å²) in [5.74, 6) is 0.562. The topological polar surface area (TPSA) is 106 Å². The molecule has 0 amide bonds. The lowest BCUT2D eigenvalue weighted by Gasteiger charge is -2.19. The summed E-state index contributed by atoms with van der Waals surface area (Å²) in [5, 5.41) is 13.8. The number of benzene rings is 2. The average Bonchev–Trinajstić information content (AvgIpc) is 2.69. The maximum Gasteiger partial charge on any atom is 0.263 e. The molecule has 0 saturated carbocycles. The minimum absolute atomic E-state index is 0.229. The zero-order valence-electron chi connectivity index (χ0n) is 13.6. The third-order valence-corrected chi connectivity index (χ3v) is 3.55. The van der Waals surface area contributed by atoms with Crippen LogP contribution >= 0.6 is 11.6 Å². The Kier molecular flexibility index (Phi) is 6.81. The molecule has 0 radical (unpaired) electrons. The highest BCUT2D eigenvalue weighted by Gasteiger charge is 2.17. The quantitative estimate of drug-likeness (QED) is 0.654. The molecular weight excluding hydrogens is 398 g/mol. The third-order valence-electron chi connectivity index (χ3n) is 3.32. The number of halogens is 1. The third kappa shape index (κ3) is 5.84. The molecule has 1 heterocycles. The van der Waals surface area contributed by atoms with E-state index < -0.39 is 9.05 Å². The zero-order chi connectivity index (χ0) is 19.3. The molecule has 3 rings (SSSR count). The van der Waals surface area contributed by atoms with E-state index in [4.69, 9.17) is 24.9 Å². The van der Waals surface area contributed by atoms with Gasteiger partial charge in [-0.3, -0.25) is 19.3 Å². The fourth-order valence-corrected chi connectivity index (χ4v) is 2.52. The summed E-state index contributed by atoms with van der Waals surface area (Å²) in [7, 11) is -2.17. The fourth-order valence-electron chi connectivity index (χ4n) is 2.34. The van der Waals surface area contributed by atoms with Gasteiger partial charge in [0.15, 0.2) is 0 Å². The first-order valence-electron chi connectivity index (χ1n) is 7.25. The van der Waals surface area contributed by atoms with Gasteiger partial charge in [0.2, 0.25) is 0 Å². The lowest BCUT2D eigenvalue weighted by atomic mass is 10.1. The van der Waals surface area contributed by atoms with E-state index in [2.05, 4.69) is 21.2 Å². The Morgan fingerprint density at radius 1 is 1.23 bits per heavy atom. The van der Waals surface area contributed by atoms with Crippen LogP contribution in [-0.2, 0) is 20.2 Å². The van der Waals surface area contributed by atoms with E-state index in [1.807, 2.05) is 42.5 Å². The Bertz CT molecular complexity index is 1030. The van der Waals surface area contributed by atoms with Gasteiger partial charge in [-0.25, -0.2) is 10.1 Å². The van der Waals surface area contributed by atoms with E-state index in [0.717, 1.165) is 16.1 Å². The Balaban J connectivity index is 0.000000431. The molecule has 0 saturated heterocycles. The molecule has 0 unspecified atom stereocenters.